The summed E-state index contributed by atoms with van der Waals surface area (Å²) in [6, 6.07) is 0. The highest BCUT2D eigenvalue weighted by atomic mass is 16.5. The van der Waals surface area contributed by atoms with E-state index in [9.17, 15) is 4.79 Å². The van der Waals surface area contributed by atoms with Crippen LogP contribution in [0.3, 0.4) is 0 Å². The molecule has 0 radical (unpaired) electrons. The zero-order valence-electron chi connectivity index (χ0n) is 6.01. The number of amides is 1. The molecule has 1 amide bonds. The van der Waals surface area contributed by atoms with Crippen molar-refractivity contribution in [2.45, 2.75) is 20.8 Å². The van der Waals surface area contributed by atoms with E-state index in [0.717, 1.165) is 0 Å². The van der Waals surface area contributed by atoms with Gasteiger partial charge in [0.1, 0.15) is 0 Å². The van der Waals surface area contributed by atoms with Crippen molar-refractivity contribution in [1.82, 2.24) is 5.48 Å². The Labute approximate surface area is 55.0 Å². The van der Waals surface area contributed by atoms with Gasteiger partial charge in [-0.25, -0.2) is 5.48 Å². The van der Waals surface area contributed by atoms with Crippen molar-refractivity contribution in [1.29, 1.82) is 0 Å². The van der Waals surface area contributed by atoms with Crippen LogP contribution in [0.1, 0.15) is 20.8 Å². The molecule has 0 saturated heterocycles. The van der Waals surface area contributed by atoms with E-state index in [4.69, 9.17) is 5.21 Å². The van der Waals surface area contributed by atoms with E-state index < -0.39 is 0 Å². The highest BCUT2D eigenvalue weighted by Gasteiger charge is 2.14. The second-order valence-electron chi connectivity index (χ2n) is 2.51. The monoisotopic (exact) mass is 131 g/mol. The van der Waals surface area contributed by atoms with Crippen LogP contribution in [-0.2, 0) is 4.79 Å². The number of hydrogen-bond acceptors (Lipinski definition) is 2. The van der Waals surface area contributed by atoms with Crippen LogP contribution in [0.2, 0.25) is 0 Å². The van der Waals surface area contributed by atoms with Crippen molar-refractivity contribution in [2.24, 2.45) is 11.8 Å². The normalized spacial score (nSPS) is 13.4. The summed E-state index contributed by atoms with van der Waals surface area (Å²) < 4.78 is 0. The Morgan fingerprint density at radius 1 is 1.44 bits per heavy atom. The number of carbonyl (C=O) groups excluding carboxylic acids is 1. The summed E-state index contributed by atoms with van der Waals surface area (Å²) in [5.74, 6) is -0.155. The fourth-order valence-electron chi connectivity index (χ4n) is 0.405. The van der Waals surface area contributed by atoms with E-state index in [0.29, 0.717) is 0 Å². The second kappa shape index (κ2) is 3.45. The Morgan fingerprint density at radius 2 is 1.89 bits per heavy atom. The molecule has 0 aromatic heterocycles. The number of hydroxylamine groups is 1. The van der Waals surface area contributed by atoms with Gasteiger partial charge < -0.3 is 0 Å². The maximum Gasteiger partial charge on any atom is 0.246 e. The minimum atomic E-state index is -0.315. The van der Waals surface area contributed by atoms with E-state index in [2.05, 4.69) is 0 Å². The summed E-state index contributed by atoms with van der Waals surface area (Å²) in [5.41, 5.74) is 1.61. The molecule has 0 aromatic rings. The molecule has 0 spiro atoms. The first kappa shape index (κ1) is 8.43. The summed E-state index contributed by atoms with van der Waals surface area (Å²) in [6.07, 6.45) is 0. The molecule has 0 heterocycles. The molecule has 0 aliphatic rings. The first-order valence-corrected chi connectivity index (χ1v) is 3.03. The van der Waals surface area contributed by atoms with Gasteiger partial charge in [0.2, 0.25) is 5.91 Å². The molecule has 0 saturated carbocycles. The van der Waals surface area contributed by atoms with Crippen LogP contribution >= 0.6 is 0 Å². The Kier molecular flexibility index (Phi) is 3.24. The van der Waals surface area contributed by atoms with Crippen molar-refractivity contribution in [3.05, 3.63) is 0 Å². The predicted octanol–water partition coefficient (Wildman–Crippen LogP) is 0.784. The van der Waals surface area contributed by atoms with E-state index in [1.54, 1.807) is 12.4 Å². The maximum absolute atomic E-state index is 10.6. The third-order valence-electron chi connectivity index (χ3n) is 1.52. The minimum absolute atomic E-state index is 0.116. The van der Waals surface area contributed by atoms with Crippen molar-refractivity contribution >= 4 is 5.91 Å². The molecule has 0 bridgehead atoms. The quantitative estimate of drug-likeness (QED) is 0.430. The first-order chi connectivity index (χ1) is 4.09. The summed E-state index contributed by atoms with van der Waals surface area (Å²) in [5, 5.41) is 8.15. The Hall–Kier alpha value is -0.570. The molecule has 3 nitrogen and oxygen atoms in total. The highest BCUT2D eigenvalue weighted by Crippen LogP contribution is 2.08. The Bertz CT molecular complexity index is 101. The molecule has 0 aromatic carbocycles. The van der Waals surface area contributed by atoms with Gasteiger partial charge in [0, 0.05) is 5.92 Å². The van der Waals surface area contributed by atoms with Gasteiger partial charge in [0.15, 0.2) is 0 Å². The summed E-state index contributed by atoms with van der Waals surface area (Å²) in [4.78, 5) is 10.6. The van der Waals surface area contributed by atoms with E-state index in [-0.39, 0.29) is 17.7 Å². The number of nitrogens with one attached hydrogen (secondary N) is 1. The number of rotatable bonds is 2. The lowest BCUT2D eigenvalue weighted by Gasteiger charge is -2.11. The van der Waals surface area contributed by atoms with Gasteiger partial charge in [0.25, 0.3) is 0 Å². The van der Waals surface area contributed by atoms with E-state index >= 15 is 0 Å². The van der Waals surface area contributed by atoms with Crippen molar-refractivity contribution in [2.75, 3.05) is 0 Å². The molecular formula is C6H13NO2. The molecule has 1 unspecified atom stereocenters. The second-order valence-corrected chi connectivity index (χ2v) is 2.51. The third kappa shape index (κ3) is 2.46. The van der Waals surface area contributed by atoms with E-state index in [1.807, 2.05) is 13.8 Å². The average molecular weight is 131 g/mol. The zero-order chi connectivity index (χ0) is 7.44. The summed E-state index contributed by atoms with van der Waals surface area (Å²) in [6.45, 7) is 5.63. The molecule has 3 heteroatoms. The number of hydrogen-bond donors (Lipinski definition) is 2. The molecule has 9 heavy (non-hydrogen) atoms. The van der Waals surface area contributed by atoms with Gasteiger partial charge in [-0.3, -0.25) is 10.0 Å². The fourth-order valence-corrected chi connectivity index (χ4v) is 0.405. The van der Waals surface area contributed by atoms with Gasteiger partial charge in [-0.1, -0.05) is 20.8 Å². The molecule has 1 atom stereocenters. The molecule has 2 N–H and O–H groups in total. The zero-order valence-corrected chi connectivity index (χ0v) is 6.01. The smallest absolute Gasteiger partial charge is 0.246 e. The molecule has 0 fully saturated rings. The van der Waals surface area contributed by atoms with Crippen molar-refractivity contribution in [3.63, 3.8) is 0 Å². The van der Waals surface area contributed by atoms with Crippen LogP contribution < -0.4 is 5.48 Å². The highest BCUT2D eigenvalue weighted by molar-refractivity contribution is 5.77. The van der Waals surface area contributed by atoms with Crippen LogP contribution in [0, 0.1) is 11.8 Å². The van der Waals surface area contributed by atoms with Crippen molar-refractivity contribution in [3.8, 4) is 0 Å². The van der Waals surface area contributed by atoms with Gasteiger partial charge in [-0.2, -0.15) is 0 Å². The number of carbonyl (C=O) groups is 1. The Balaban J connectivity index is 3.72. The van der Waals surface area contributed by atoms with Gasteiger partial charge >= 0.3 is 0 Å². The lowest BCUT2D eigenvalue weighted by atomic mass is 9.98. The molecule has 0 rings (SSSR count). The van der Waals surface area contributed by atoms with Gasteiger partial charge in [0.05, 0.1) is 0 Å². The van der Waals surface area contributed by atoms with Gasteiger partial charge in [-0.05, 0) is 5.92 Å². The third-order valence-corrected chi connectivity index (χ3v) is 1.52. The van der Waals surface area contributed by atoms with Crippen LogP contribution in [0.5, 0.6) is 0 Å². The SMILES string of the molecule is CC(C)C(C)C(=O)NO. The first-order valence-electron chi connectivity index (χ1n) is 3.03. The summed E-state index contributed by atoms with van der Waals surface area (Å²) >= 11 is 0. The fraction of sp³-hybridized carbons (Fsp3) is 0.833. The topological polar surface area (TPSA) is 49.3 Å². The van der Waals surface area contributed by atoms with Gasteiger partial charge in [-0.15, -0.1) is 0 Å². The Morgan fingerprint density at radius 3 is 2.00 bits per heavy atom. The molecule has 54 valence electrons. The lowest BCUT2D eigenvalue weighted by molar-refractivity contribution is -0.134. The predicted molar refractivity (Wildman–Crippen MR) is 33.9 cm³/mol. The maximum atomic E-state index is 10.6. The lowest BCUT2D eigenvalue weighted by Crippen LogP contribution is -2.28. The van der Waals surface area contributed by atoms with E-state index in [1.165, 1.54) is 0 Å². The molecule has 0 aliphatic heterocycles. The standard InChI is InChI=1S/C6H13NO2/c1-4(2)5(3)6(8)7-9/h4-5,9H,1-3H3,(H,7,8). The van der Waals surface area contributed by atoms with Crippen LogP contribution in [-0.4, -0.2) is 11.1 Å². The van der Waals surface area contributed by atoms with Crippen molar-refractivity contribution < 1.29 is 10.0 Å². The molecular weight excluding hydrogens is 118 g/mol. The largest absolute Gasteiger partial charge is 0.289 e. The average Bonchev–Trinajstić information content (AvgIpc) is 1.84. The molecule has 0 aliphatic carbocycles. The van der Waals surface area contributed by atoms with Crippen LogP contribution in [0.4, 0.5) is 0 Å². The van der Waals surface area contributed by atoms with Crippen LogP contribution in [0.15, 0.2) is 0 Å². The minimum Gasteiger partial charge on any atom is -0.289 e. The van der Waals surface area contributed by atoms with Crippen LogP contribution in [0.25, 0.3) is 0 Å². The summed E-state index contributed by atoms with van der Waals surface area (Å²) in [7, 11) is 0.